The Hall–Kier alpha value is -0.370. The van der Waals surface area contributed by atoms with Gasteiger partial charge in [-0.1, -0.05) is 13.8 Å². The van der Waals surface area contributed by atoms with Crippen molar-refractivity contribution in [2.24, 2.45) is 10.4 Å². The van der Waals surface area contributed by atoms with Crippen LogP contribution in [0.2, 0.25) is 0 Å². The molecule has 0 aliphatic rings. The molecule has 0 aromatic carbocycles. The minimum Gasteiger partial charge on any atom is -0.319 e. The first-order chi connectivity index (χ1) is 4.98. The largest absolute Gasteiger partial charge is 0.319 e. The Bertz CT molecular complexity index is 126. The maximum atomic E-state index is 4.35. The molecule has 0 fully saturated rings. The summed E-state index contributed by atoms with van der Waals surface area (Å²) in [5.41, 5.74) is 0.180. The summed E-state index contributed by atoms with van der Waals surface area (Å²) in [6.45, 7) is 9.51. The number of hydrogen-bond donors (Lipinski definition) is 1. The highest BCUT2D eigenvalue weighted by atomic mass is 14.8. The summed E-state index contributed by atoms with van der Waals surface area (Å²) in [5, 5.41) is 3.14. The molecule has 0 amide bonds. The quantitative estimate of drug-likeness (QED) is 0.616. The molecule has 0 spiro atoms. The summed E-state index contributed by atoms with van der Waals surface area (Å²) < 4.78 is 0. The molecule has 0 aromatic rings. The van der Waals surface area contributed by atoms with Crippen LogP contribution >= 0.6 is 0 Å². The molecule has 0 radical (unpaired) electrons. The molecule has 0 heterocycles. The molecule has 0 unspecified atom stereocenters. The van der Waals surface area contributed by atoms with E-state index in [4.69, 9.17) is 0 Å². The molecule has 0 bridgehead atoms. The van der Waals surface area contributed by atoms with Crippen molar-refractivity contribution in [3.05, 3.63) is 0 Å². The van der Waals surface area contributed by atoms with E-state index in [9.17, 15) is 0 Å². The van der Waals surface area contributed by atoms with Gasteiger partial charge in [-0.25, -0.2) is 0 Å². The first-order valence-electron chi connectivity index (χ1n) is 4.17. The Morgan fingerprint density at radius 1 is 1.45 bits per heavy atom. The molecule has 66 valence electrons. The lowest BCUT2D eigenvalue weighted by molar-refractivity contribution is 0.498. The van der Waals surface area contributed by atoms with Crippen molar-refractivity contribution in [1.29, 1.82) is 0 Å². The van der Waals surface area contributed by atoms with Crippen LogP contribution < -0.4 is 5.32 Å². The minimum absolute atomic E-state index is 0.180. The molecular weight excluding hydrogens is 136 g/mol. The summed E-state index contributed by atoms with van der Waals surface area (Å²) in [6.07, 6.45) is 2.04. The molecule has 0 aliphatic carbocycles. The van der Waals surface area contributed by atoms with Crippen molar-refractivity contribution in [3.8, 4) is 0 Å². The number of nitrogens with one attached hydrogen (secondary N) is 1. The van der Waals surface area contributed by atoms with E-state index in [0.29, 0.717) is 6.04 Å². The maximum Gasteiger partial charge on any atom is 0.0439 e. The van der Waals surface area contributed by atoms with Gasteiger partial charge < -0.3 is 5.32 Å². The van der Waals surface area contributed by atoms with E-state index in [1.807, 2.05) is 13.3 Å². The minimum atomic E-state index is 0.180. The van der Waals surface area contributed by atoms with Crippen LogP contribution in [0.15, 0.2) is 4.99 Å². The summed E-state index contributed by atoms with van der Waals surface area (Å²) in [5.74, 6) is 0. The Kier molecular flexibility index (Phi) is 4.34. The van der Waals surface area contributed by atoms with Crippen molar-refractivity contribution in [3.63, 3.8) is 0 Å². The molecule has 0 saturated carbocycles. The van der Waals surface area contributed by atoms with Gasteiger partial charge >= 0.3 is 0 Å². The molecular formula is C9H20N2. The second-order valence-corrected chi connectivity index (χ2v) is 3.89. The Labute approximate surface area is 70.1 Å². The number of hydrogen-bond acceptors (Lipinski definition) is 2. The standard InChI is InChI=1S/C9H20N2/c1-8(2)11-7-9(3,4)6-10-5/h7-8,10H,6H2,1-5H3/b11-7+. The van der Waals surface area contributed by atoms with E-state index in [0.717, 1.165) is 6.54 Å². The van der Waals surface area contributed by atoms with E-state index in [-0.39, 0.29) is 5.41 Å². The second-order valence-electron chi connectivity index (χ2n) is 3.89. The topological polar surface area (TPSA) is 24.4 Å². The third kappa shape index (κ3) is 6.05. The molecule has 0 saturated heterocycles. The van der Waals surface area contributed by atoms with Crippen LogP contribution in [0.3, 0.4) is 0 Å². The highest BCUT2D eigenvalue weighted by Gasteiger charge is 2.12. The van der Waals surface area contributed by atoms with Gasteiger partial charge in [-0.3, -0.25) is 4.99 Å². The van der Waals surface area contributed by atoms with Crippen LogP contribution in [0.4, 0.5) is 0 Å². The van der Waals surface area contributed by atoms with Crippen LogP contribution in [-0.4, -0.2) is 25.8 Å². The monoisotopic (exact) mass is 156 g/mol. The van der Waals surface area contributed by atoms with Crippen molar-refractivity contribution in [2.45, 2.75) is 33.7 Å². The van der Waals surface area contributed by atoms with Crippen LogP contribution in [0.1, 0.15) is 27.7 Å². The molecule has 1 N–H and O–H groups in total. The van der Waals surface area contributed by atoms with Gasteiger partial charge in [0.05, 0.1) is 0 Å². The summed E-state index contributed by atoms with van der Waals surface area (Å²) >= 11 is 0. The van der Waals surface area contributed by atoms with Crippen molar-refractivity contribution < 1.29 is 0 Å². The normalized spacial score (nSPS) is 13.3. The highest BCUT2D eigenvalue weighted by molar-refractivity contribution is 5.65. The van der Waals surface area contributed by atoms with E-state index >= 15 is 0 Å². The van der Waals surface area contributed by atoms with Gasteiger partial charge in [0.1, 0.15) is 0 Å². The smallest absolute Gasteiger partial charge is 0.0439 e. The molecule has 0 aromatic heterocycles. The van der Waals surface area contributed by atoms with Gasteiger partial charge in [0.15, 0.2) is 0 Å². The van der Waals surface area contributed by atoms with Gasteiger partial charge in [0.25, 0.3) is 0 Å². The number of nitrogens with zero attached hydrogens (tertiary/aromatic N) is 1. The number of aliphatic imine (C=N–C) groups is 1. The Balaban J connectivity index is 3.89. The predicted molar refractivity (Wildman–Crippen MR) is 51.3 cm³/mol. The van der Waals surface area contributed by atoms with Gasteiger partial charge in [0, 0.05) is 24.2 Å². The van der Waals surface area contributed by atoms with Crippen molar-refractivity contribution >= 4 is 6.21 Å². The van der Waals surface area contributed by atoms with Gasteiger partial charge in [0.2, 0.25) is 0 Å². The second kappa shape index (κ2) is 4.50. The lowest BCUT2D eigenvalue weighted by atomic mass is 9.95. The highest BCUT2D eigenvalue weighted by Crippen LogP contribution is 2.09. The Morgan fingerprint density at radius 3 is 2.36 bits per heavy atom. The number of rotatable bonds is 4. The molecule has 2 nitrogen and oxygen atoms in total. The van der Waals surface area contributed by atoms with Crippen LogP contribution in [0.25, 0.3) is 0 Å². The van der Waals surface area contributed by atoms with Crippen molar-refractivity contribution in [1.82, 2.24) is 5.32 Å². The maximum absolute atomic E-state index is 4.35. The average molecular weight is 156 g/mol. The fourth-order valence-electron chi connectivity index (χ4n) is 0.852. The SMILES string of the molecule is CNCC(C)(C)/C=N/C(C)C. The molecule has 11 heavy (non-hydrogen) atoms. The van der Waals surface area contributed by atoms with Crippen LogP contribution in [0, 0.1) is 5.41 Å². The van der Waals surface area contributed by atoms with E-state index < -0.39 is 0 Å². The zero-order valence-corrected chi connectivity index (χ0v) is 8.31. The zero-order valence-electron chi connectivity index (χ0n) is 8.31. The summed E-state index contributed by atoms with van der Waals surface area (Å²) in [7, 11) is 1.96. The average Bonchev–Trinajstić information content (AvgIpc) is 1.84. The fourth-order valence-corrected chi connectivity index (χ4v) is 0.852. The third-order valence-electron chi connectivity index (χ3n) is 1.35. The van der Waals surface area contributed by atoms with Gasteiger partial charge in [-0.2, -0.15) is 0 Å². The lowest BCUT2D eigenvalue weighted by Crippen LogP contribution is -2.28. The molecule has 0 atom stereocenters. The summed E-state index contributed by atoms with van der Waals surface area (Å²) in [6, 6.07) is 0.408. The lowest BCUT2D eigenvalue weighted by Gasteiger charge is -2.18. The Morgan fingerprint density at radius 2 is 2.00 bits per heavy atom. The summed E-state index contributed by atoms with van der Waals surface area (Å²) in [4.78, 5) is 4.35. The van der Waals surface area contributed by atoms with Crippen molar-refractivity contribution in [2.75, 3.05) is 13.6 Å². The van der Waals surface area contributed by atoms with Crippen LogP contribution in [0.5, 0.6) is 0 Å². The zero-order chi connectivity index (χ0) is 8.91. The molecule has 0 aliphatic heterocycles. The molecule has 2 heteroatoms. The van der Waals surface area contributed by atoms with Gasteiger partial charge in [-0.05, 0) is 20.9 Å². The predicted octanol–water partition coefficient (Wildman–Crippen LogP) is 1.71. The van der Waals surface area contributed by atoms with E-state index in [1.54, 1.807) is 0 Å². The first-order valence-corrected chi connectivity index (χ1v) is 4.17. The third-order valence-corrected chi connectivity index (χ3v) is 1.35. The fraction of sp³-hybridized carbons (Fsp3) is 0.889. The first kappa shape index (κ1) is 10.6. The van der Waals surface area contributed by atoms with E-state index in [1.165, 1.54) is 0 Å². The molecule has 0 rings (SSSR count). The van der Waals surface area contributed by atoms with E-state index in [2.05, 4.69) is 38.0 Å². The van der Waals surface area contributed by atoms with Gasteiger partial charge in [-0.15, -0.1) is 0 Å². The van der Waals surface area contributed by atoms with Crippen LogP contribution in [-0.2, 0) is 0 Å².